The summed E-state index contributed by atoms with van der Waals surface area (Å²) in [6.45, 7) is 6.56. The molecule has 0 radical (unpaired) electrons. The second-order valence-corrected chi connectivity index (χ2v) is 7.36. The standard InChI is InChI=1S/C20H25N5O3/c1-14-18(23-13-24-19(14)28-16-4-3-8-21-15(16)2)25-9-6-20(7-10-25)12-22-17(26)5-11-27-20/h3-4,8,13H,5-7,9-12H2,1-2H3,(H,22,26). The fourth-order valence-corrected chi connectivity index (χ4v) is 3.73. The zero-order chi connectivity index (χ0) is 19.6. The summed E-state index contributed by atoms with van der Waals surface area (Å²) in [6, 6.07) is 3.72. The average Bonchev–Trinajstić information content (AvgIpc) is 2.88. The van der Waals surface area contributed by atoms with Crippen molar-refractivity contribution >= 4 is 11.7 Å². The van der Waals surface area contributed by atoms with E-state index < -0.39 is 0 Å². The van der Waals surface area contributed by atoms with Crippen molar-refractivity contribution < 1.29 is 14.3 Å². The molecular formula is C20H25N5O3. The molecule has 0 aromatic carbocycles. The quantitative estimate of drug-likeness (QED) is 0.869. The summed E-state index contributed by atoms with van der Waals surface area (Å²) in [5.74, 6) is 2.17. The van der Waals surface area contributed by atoms with E-state index >= 15 is 0 Å². The number of pyridine rings is 1. The molecule has 1 spiro atoms. The normalized spacial score (nSPS) is 19.2. The van der Waals surface area contributed by atoms with Crippen molar-refractivity contribution in [1.29, 1.82) is 0 Å². The van der Waals surface area contributed by atoms with Gasteiger partial charge in [-0.3, -0.25) is 9.78 Å². The van der Waals surface area contributed by atoms with Gasteiger partial charge >= 0.3 is 0 Å². The Morgan fingerprint density at radius 2 is 2.04 bits per heavy atom. The van der Waals surface area contributed by atoms with Gasteiger partial charge in [0.25, 0.3) is 0 Å². The van der Waals surface area contributed by atoms with Crippen LogP contribution in [-0.4, -0.2) is 52.7 Å². The number of amides is 1. The van der Waals surface area contributed by atoms with E-state index in [2.05, 4.69) is 25.2 Å². The maximum absolute atomic E-state index is 11.6. The van der Waals surface area contributed by atoms with Crippen LogP contribution in [0.15, 0.2) is 24.7 Å². The van der Waals surface area contributed by atoms with Crippen LogP contribution in [0.25, 0.3) is 0 Å². The number of ether oxygens (including phenoxy) is 2. The summed E-state index contributed by atoms with van der Waals surface area (Å²) in [5.41, 5.74) is 1.45. The molecule has 1 N–H and O–H groups in total. The Bertz CT molecular complexity index is 865. The second kappa shape index (κ2) is 7.71. The van der Waals surface area contributed by atoms with Crippen LogP contribution in [0.4, 0.5) is 5.82 Å². The highest BCUT2D eigenvalue weighted by Gasteiger charge is 2.38. The number of nitrogens with one attached hydrogen (secondary N) is 1. The Balaban J connectivity index is 1.48. The van der Waals surface area contributed by atoms with Gasteiger partial charge in [0.1, 0.15) is 12.1 Å². The molecule has 8 nitrogen and oxygen atoms in total. The fourth-order valence-electron chi connectivity index (χ4n) is 3.73. The first kappa shape index (κ1) is 18.6. The Labute approximate surface area is 164 Å². The summed E-state index contributed by atoms with van der Waals surface area (Å²) in [6.07, 6.45) is 5.40. The lowest BCUT2D eigenvalue weighted by atomic mass is 9.91. The number of aromatic nitrogens is 3. The zero-order valence-electron chi connectivity index (χ0n) is 16.3. The molecular weight excluding hydrogens is 358 g/mol. The highest BCUT2D eigenvalue weighted by Crippen LogP contribution is 2.33. The molecule has 2 aromatic heterocycles. The van der Waals surface area contributed by atoms with E-state index in [1.165, 1.54) is 6.33 Å². The third kappa shape index (κ3) is 3.77. The van der Waals surface area contributed by atoms with Crippen LogP contribution in [-0.2, 0) is 9.53 Å². The number of rotatable bonds is 3. The number of carbonyl (C=O) groups is 1. The first-order valence-corrected chi connectivity index (χ1v) is 9.63. The van der Waals surface area contributed by atoms with Gasteiger partial charge in [-0.2, -0.15) is 0 Å². The van der Waals surface area contributed by atoms with Gasteiger partial charge in [0, 0.05) is 32.3 Å². The van der Waals surface area contributed by atoms with E-state index in [1.54, 1.807) is 6.20 Å². The molecule has 2 saturated heterocycles. The zero-order valence-corrected chi connectivity index (χ0v) is 16.3. The van der Waals surface area contributed by atoms with Crippen molar-refractivity contribution in [1.82, 2.24) is 20.3 Å². The minimum atomic E-state index is -0.268. The third-order valence-corrected chi connectivity index (χ3v) is 5.50. The summed E-state index contributed by atoms with van der Waals surface area (Å²) in [7, 11) is 0. The maximum Gasteiger partial charge on any atom is 0.227 e. The van der Waals surface area contributed by atoms with Crippen molar-refractivity contribution in [3.63, 3.8) is 0 Å². The molecule has 2 aliphatic rings. The number of hydrogen-bond donors (Lipinski definition) is 1. The van der Waals surface area contributed by atoms with Crippen molar-refractivity contribution in [2.24, 2.45) is 0 Å². The van der Waals surface area contributed by atoms with Crippen LogP contribution in [0.1, 0.15) is 30.5 Å². The van der Waals surface area contributed by atoms with E-state index in [1.807, 2.05) is 26.0 Å². The molecule has 2 aliphatic heterocycles. The SMILES string of the molecule is Cc1ncccc1Oc1ncnc(N2CCC3(CC2)CNC(=O)CCO3)c1C. The first-order valence-electron chi connectivity index (χ1n) is 9.63. The molecule has 1 amide bonds. The van der Waals surface area contributed by atoms with Gasteiger partial charge in [-0.25, -0.2) is 9.97 Å². The number of nitrogens with zero attached hydrogens (tertiary/aromatic N) is 4. The molecule has 0 atom stereocenters. The van der Waals surface area contributed by atoms with Gasteiger partial charge in [0.2, 0.25) is 11.8 Å². The Hall–Kier alpha value is -2.74. The topological polar surface area (TPSA) is 89.5 Å². The molecule has 0 aliphatic carbocycles. The van der Waals surface area contributed by atoms with Gasteiger partial charge < -0.3 is 19.7 Å². The predicted octanol–water partition coefficient (Wildman–Crippen LogP) is 2.16. The van der Waals surface area contributed by atoms with Crippen LogP contribution in [0, 0.1) is 13.8 Å². The van der Waals surface area contributed by atoms with Crippen molar-refractivity contribution in [3.05, 3.63) is 35.9 Å². The molecule has 4 heterocycles. The highest BCUT2D eigenvalue weighted by molar-refractivity contribution is 5.76. The van der Waals surface area contributed by atoms with Gasteiger partial charge in [0.15, 0.2) is 5.75 Å². The number of hydrogen-bond acceptors (Lipinski definition) is 7. The first-order chi connectivity index (χ1) is 13.6. The Kier molecular flexibility index (Phi) is 5.13. The molecule has 4 rings (SSSR count). The van der Waals surface area contributed by atoms with Gasteiger partial charge in [0.05, 0.1) is 23.5 Å². The molecule has 28 heavy (non-hydrogen) atoms. The summed E-state index contributed by atoms with van der Waals surface area (Å²) < 4.78 is 12.1. The smallest absolute Gasteiger partial charge is 0.227 e. The molecule has 0 bridgehead atoms. The van der Waals surface area contributed by atoms with E-state index in [9.17, 15) is 4.79 Å². The average molecular weight is 383 g/mol. The molecule has 0 saturated carbocycles. The van der Waals surface area contributed by atoms with Crippen LogP contribution < -0.4 is 15.0 Å². The molecule has 2 aromatic rings. The number of aryl methyl sites for hydroxylation is 1. The minimum absolute atomic E-state index is 0.0680. The van der Waals surface area contributed by atoms with E-state index in [0.717, 1.165) is 43.0 Å². The molecule has 0 unspecified atom stereocenters. The van der Waals surface area contributed by atoms with Crippen LogP contribution in [0.2, 0.25) is 0 Å². The van der Waals surface area contributed by atoms with Crippen molar-refractivity contribution in [3.8, 4) is 11.6 Å². The monoisotopic (exact) mass is 383 g/mol. The molecule has 2 fully saturated rings. The van der Waals surface area contributed by atoms with Crippen molar-refractivity contribution in [2.45, 2.75) is 38.7 Å². The van der Waals surface area contributed by atoms with E-state index in [4.69, 9.17) is 9.47 Å². The lowest BCUT2D eigenvalue weighted by Crippen LogP contribution is -2.51. The van der Waals surface area contributed by atoms with Crippen molar-refractivity contribution in [2.75, 3.05) is 31.1 Å². The third-order valence-electron chi connectivity index (χ3n) is 5.50. The Morgan fingerprint density at radius 1 is 1.21 bits per heavy atom. The fraction of sp³-hybridized carbons (Fsp3) is 0.500. The number of carbonyl (C=O) groups excluding carboxylic acids is 1. The lowest BCUT2D eigenvalue weighted by molar-refractivity contribution is -0.120. The number of piperidine rings is 1. The van der Waals surface area contributed by atoms with Crippen LogP contribution >= 0.6 is 0 Å². The highest BCUT2D eigenvalue weighted by atomic mass is 16.5. The second-order valence-electron chi connectivity index (χ2n) is 7.36. The number of anilines is 1. The predicted molar refractivity (Wildman–Crippen MR) is 104 cm³/mol. The lowest BCUT2D eigenvalue weighted by Gasteiger charge is -2.41. The molecule has 8 heteroatoms. The van der Waals surface area contributed by atoms with Gasteiger partial charge in [-0.05, 0) is 38.8 Å². The maximum atomic E-state index is 11.6. The molecule has 148 valence electrons. The van der Waals surface area contributed by atoms with E-state index in [0.29, 0.717) is 31.2 Å². The van der Waals surface area contributed by atoms with Gasteiger partial charge in [-0.1, -0.05) is 0 Å². The van der Waals surface area contributed by atoms with Crippen LogP contribution in [0.5, 0.6) is 11.6 Å². The minimum Gasteiger partial charge on any atom is -0.437 e. The van der Waals surface area contributed by atoms with Gasteiger partial charge in [-0.15, -0.1) is 0 Å². The Morgan fingerprint density at radius 3 is 2.82 bits per heavy atom. The largest absolute Gasteiger partial charge is 0.437 e. The van der Waals surface area contributed by atoms with Crippen LogP contribution in [0.3, 0.4) is 0 Å². The summed E-state index contributed by atoms with van der Waals surface area (Å²) >= 11 is 0. The summed E-state index contributed by atoms with van der Waals surface area (Å²) in [4.78, 5) is 26.9. The summed E-state index contributed by atoms with van der Waals surface area (Å²) in [5, 5.41) is 2.98. The van der Waals surface area contributed by atoms with E-state index in [-0.39, 0.29) is 11.5 Å².